The van der Waals surface area contributed by atoms with E-state index in [1.54, 1.807) is 0 Å². The van der Waals surface area contributed by atoms with Crippen LogP contribution in [-0.4, -0.2) is 60.8 Å². The van der Waals surface area contributed by atoms with Crippen LogP contribution in [0, 0.1) is 0 Å². The lowest BCUT2D eigenvalue weighted by atomic mass is 10.1. The molecule has 2 fully saturated rings. The van der Waals surface area contributed by atoms with Crippen LogP contribution in [0.1, 0.15) is 32.3 Å². The lowest BCUT2D eigenvalue weighted by Gasteiger charge is -2.32. The number of guanidine groups is 1. The molecule has 2 N–H and O–H groups in total. The molecule has 1 aromatic rings. The molecular weight excluding hydrogens is 346 g/mol. The molecule has 26 heavy (non-hydrogen) atoms. The number of morpholine rings is 1. The molecule has 0 spiro atoms. The molecule has 0 saturated carbocycles. The van der Waals surface area contributed by atoms with E-state index < -0.39 is 0 Å². The maximum Gasteiger partial charge on any atom is 0.191 e. The number of thioether (sulfide) groups is 1. The van der Waals surface area contributed by atoms with Gasteiger partial charge in [-0.2, -0.15) is 11.8 Å². The Balaban J connectivity index is 1.52. The van der Waals surface area contributed by atoms with Gasteiger partial charge < -0.3 is 20.3 Å². The van der Waals surface area contributed by atoms with Gasteiger partial charge >= 0.3 is 0 Å². The first-order chi connectivity index (χ1) is 12.6. The van der Waals surface area contributed by atoms with E-state index in [2.05, 4.69) is 63.3 Å². The number of nitrogens with one attached hydrogen (secondary N) is 2. The molecule has 3 heterocycles. The largest absolute Gasteiger partial charge is 0.375 e. The van der Waals surface area contributed by atoms with Crippen molar-refractivity contribution in [3.05, 3.63) is 23.9 Å². The average molecular weight is 378 g/mol. The van der Waals surface area contributed by atoms with Gasteiger partial charge in [-0.25, -0.2) is 4.98 Å². The second-order valence-corrected chi connectivity index (χ2v) is 9.01. The zero-order valence-electron chi connectivity index (χ0n) is 16.1. The van der Waals surface area contributed by atoms with Crippen molar-refractivity contribution in [2.24, 2.45) is 4.99 Å². The molecule has 2 saturated heterocycles. The molecule has 2 atom stereocenters. The van der Waals surface area contributed by atoms with Crippen molar-refractivity contribution in [3.63, 3.8) is 0 Å². The van der Waals surface area contributed by atoms with Crippen molar-refractivity contribution in [2.45, 2.75) is 44.1 Å². The Morgan fingerprint density at radius 1 is 1.50 bits per heavy atom. The van der Waals surface area contributed by atoms with E-state index >= 15 is 0 Å². The third-order valence-electron chi connectivity index (χ3n) is 4.99. The van der Waals surface area contributed by atoms with Gasteiger partial charge in [0.2, 0.25) is 0 Å². The van der Waals surface area contributed by atoms with Gasteiger partial charge in [0.1, 0.15) is 5.82 Å². The van der Waals surface area contributed by atoms with Crippen molar-refractivity contribution in [3.8, 4) is 0 Å². The van der Waals surface area contributed by atoms with E-state index in [0.717, 1.165) is 44.6 Å². The van der Waals surface area contributed by atoms with E-state index in [9.17, 15) is 0 Å². The molecule has 2 aliphatic rings. The Morgan fingerprint density at radius 2 is 2.38 bits per heavy atom. The Morgan fingerprint density at radius 3 is 3.12 bits per heavy atom. The summed E-state index contributed by atoms with van der Waals surface area (Å²) in [5.41, 5.74) is 1.21. The lowest BCUT2D eigenvalue weighted by molar-refractivity contribution is 0.0529. The molecule has 2 aliphatic heterocycles. The molecule has 0 amide bonds. The van der Waals surface area contributed by atoms with Gasteiger partial charge in [-0.1, -0.05) is 0 Å². The summed E-state index contributed by atoms with van der Waals surface area (Å²) in [6.07, 6.45) is 4.73. The predicted molar refractivity (Wildman–Crippen MR) is 110 cm³/mol. The Bertz CT molecular complexity index is 618. The maximum absolute atomic E-state index is 5.62. The molecule has 144 valence electrons. The number of pyridine rings is 1. The van der Waals surface area contributed by atoms with E-state index in [1.807, 2.05) is 13.2 Å². The minimum absolute atomic E-state index is 0.255. The summed E-state index contributed by atoms with van der Waals surface area (Å²) >= 11 is 2.06. The fourth-order valence-corrected chi connectivity index (χ4v) is 4.67. The van der Waals surface area contributed by atoms with Crippen LogP contribution in [0.25, 0.3) is 0 Å². The summed E-state index contributed by atoms with van der Waals surface area (Å²) in [4.78, 5) is 11.2. The van der Waals surface area contributed by atoms with E-state index in [-0.39, 0.29) is 6.10 Å². The highest BCUT2D eigenvalue weighted by molar-refractivity contribution is 8.00. The van der Waals surface area contributed by atoms with Crippen molar-refractivity contribution in [2.75, 3.05) is 43.9 Å². The topological polar surface area (TPSA) is 61.8 Å². The van der Waals surface area contributed by atoms with Crippen LogP contribution in [0.15, 0.2) is 23.3 Å². The van der Waals surface area contributed by atoms with Crippen molar-refractivity contribution < 1.29 is 4.74 Å². The van der Waals surface area contributed by atoms with Crippen molar-refractivity contribution in [1.82, 2.24) is 15.6 Å². The molecule has 3 rings (SSSR count). The van der Waals surface area contributed by atoms with Crippen molar-refractivity contribution >= 4 is 23.5 Å². The van der Waals surface area contributed by atoms with E-state index in [0.29, 0.717) is 4.75 Å². The summed E-state index contributed by atoms with van der Waals surface area (Å²) in [6.45, 7) is 8.68. The highest BCUT2D eigenvalue weighted by Gasteiger charge is 2.29. The monoisotopic (exact) mass is 377 g/mol. The molecule has 0 bridgehead atoms. The van der Waals surface area contributed by atoms with Gasteiger partial charge in [-0.15, -0.1) is 0 Å². The number of hydrogen-bond donors (Lipinski definition) is 2. The fourth-order valence-electron chi connectivity index (χ4n) is 3.42. The first-order valence-electron chi connectivity index (χ1n) is 9.48. The number of hydrogen-bond acceptors (Lipinski definition) is 5. The van der Waals surface area contributed by atoms with E-state index in [4.69, 9.17) is 4.74 Å². The van der Waals surface area contributed by atoms with Crippen LogP contribution in [-0.2, 0) is 11.3 Å². The van der Waals surface area contributed by atoms with Crippen LogP contribution in [0.4, 0.5) is 5.82 Å². The summed E-state index contributed by atoms with van der Waals surface area (Å²) < 4.78 is 5.95. The Labute approximate surface area is 161 Å². The fraction of sp³-hybridized carbons (Fsp3) is 0.684. The van der Waals surface area contributed by atoms with Crippen LogP contribution in [0.2, 0.25) is 0 Å². The highest BCUT2D eigenvalue weighted by Crippen LogP contribution is 2.36. The molecule has 7 heteroatoms. The van der Waals surface area contributed by atoms with Crippen LogP contribution in [0.3, 0.4) is 0 Å². The predicted octanol–water partition coefficient (Wildman–Crippen LogP) is 2.26. The zero-order valence-corrected chi connectivity index (χ0v) is 16.9. The third kappa shape index (κ3) is 5.27. The molecule has 0 aliphatic carbocycles. The Hall–Kier alpha value is -1.47. The van der Waals surface area contributed by atoms with Crippen LogP contribution >= 0.6 is 11.8 Å². The molecule has 2 unspecified atom stereocenters. The van der Waals surface area contributed by atoms with Crippen LogP contribution in [0.5, 0.6) is 0 Å². The molecule has 1 aromatic heterocycles. The van der Waals surface area contributed by atoms with Gasteiger partial charge in [-0.05, 0) is 50.1 Å². The average Bonchev–Trinajstić information content (AvgIpc) is 3.09. The third-order valence-corrected chi connectivity index (χ3v) is 6.53. The number of anilines is 1. The highest BCUT2D eigenvalue weighted by atomic mass is 32.2. The number of nitrogens with zero attached hydrogens (tertiary/aromatic N) is 3. The van der Waals surface area contributed by atoms with Gasteiger partial charge in [0.15, 0.2) is 5.96 Å². The summed E-state index contributed by atoms with van der Waals surface area (Å²) in [5, 5.41) is 6.91. The van der Waals surface area contributed by atoms with Crippen molar-refractivity contribution in [1.29, 1.82) is 0 Å². The molecule has 0 aromatic carbocycles. The molecular formula is C19H31N5OS. The minimum atomic E-state index is 0.255. The maximum atomic E-state index is 5.62. The molecule has 6 nitrogen and oxygen atoms in total. The van der Waals surface area contributed by atoms with Gasteiger partial charge in [0.05, 0.1) is 12.7 Å². The zero-order chi connectivity index (χ0) is 18.4. The van der Waals surface area contributed by atoms with Gasteiger partial charge in [0, 0.05) is 44.2 Å². The quantitative estimate of drug-likeness (QED) is 0.606. The molecule has 0 radical (unpaired) electrons. The summed E-state index contributed by atoms with van der Waals surface area (Å²) in [5.74, 6) is 3.15. The number of aliphatic imine (C=N–C) groups is 1. The van der Waals surface area contributed by atoms with E-state index in [1.165, 1.54) is 24.2 Å². The summed E-state index contributed by atoms with van der Waals surface area (Å²) in [7, 11) is 1.83. The number of ether oxygens (including phenoxy) is 1. The smallest absolute Gasteiger partial charge is 0.191 e. The standard InChI is InChI=1S/C19H31N5OS/c1-15-13-24(8-9-25-15)17-11-16(5-7-21-17)12-22-18(20-3)23-14-19(2)6-4-10-26-19/h5,7,11,15H,4,6,8-10,12-14H2,1-3H3,(H2,20,22,23). The number of rotatable bonds is 5. The normalized spacial score (nSPS) is 26.8. The summed E-state index contributed by atoms with van der Waals surface area (Å²) in [6, 6.07) is 4.22. The minimum Gasteiger partial charge on any atom is -0.375 e. The first-order valence-corrected chi connectivity index (χ1v) is 10.5. The van der Waals surface area contributed by atoms with Gasteiger partial charge in [-0.3, -0.25) is 4.99 Å². The second-order valence-electron chi connectivity index (χ2n) is 7.33. The van der Waals surface area contributed by atoms with Crippen LogP contribution < -0.4 is 15.5 Å². The number of aromatic nitrogens is 1. The SMILES string of the molecule is CN=C(NCc1ccnc(N2CCOC(C)C2)c1)NCC1(C)CCCS1. The first kappa shape index (κ1) is 19.3. The lowest BCUT2D eigenvalue weighted by Crippen LogP contribution is -2.43. The Kier molecular flexibility index (Phi) is 6.64. The van der Waals surface area contributed by atoms with Gasteiger partial charge in [0.25, 0.3) is 0 Å². The second kappa shape index (κ2) is 8.95.